The van der Waals surface area contributed by atoms with Gasteiger partial charge in [0, 0.05) is 23.8 Å². The molecule has 17 heavy (non-hydrogen) atoms. The fourth-order valence-corrected chi connectivity index (χ4v) is 1.39. The number of ether oxygens (including phenoxy) is 1. The van der Waals surface area contributed by atoms with Crippen LogP contribution in [-0.4, -0.2) is 32.2 Å². The van der Waals surface area contributed by atoms with Crippen LogP contribution in [0.1, 0.15) is 6.92 Å². The van der Waals surface area contributed by atoms with E-state index >= 15 is 0 Å². The van der Waals surface area contributed by atoms with E-state index in [1.54, 1.807) is 6.92 Å². The lowest BCUT2D eigenvalue weighted by Gasteiger charge is -2.07. The van der Waals surface area contributed by atoms with Crippen molar-refractivity contribution >= 4 is 23.3 Å². The molecule has 94 valence electrons. The largest absolute Gasteiger partial charge is 0.465 e. The third-order valence-electron chi connectivity index (χ3n) is 2.05. The maximum absolute atomic E-state index is 11.0. The summed E-state index contributed by atoms with van der Waals surface area (Å²) in [6.45, 7) is 3.89. The Labute approximate surface area is 106 Å². The summed E-state index contributed by atoms with van der Waals surface area (Å²) in [5.41, 5.74) is 1.01. The third kappa shape index (κ3) is 6.14. The number of nitrogens with one attached hydrogen (secondary N) is 2. The van der Waals surface area contributed by atoms with Crippen molar-refractivity contribution in [3.05, 3.63) is 29.3 Å². The first-order valence-electron chi connectivity index (χ1n) is 5.58. The molecule has 1 aromatic carbocycles. The summed E-state index contributed by atoms with van der Waals surface area (Å²) < 4.78 is 4.78. The minimum Gasteiger partial charge on any atom is -0.465 e. The van der Waals surface area contributed by atoms with Gasteiger partial charge in [-0.15, -0.1) is 0 Å². The molecule has 0 unspecified atom stereocenters. The van der Waals surface area contributed by atoms with Gasteiger partial charge in [-0.25, -0.2) is 0 Å². The molecule has 0 bridgehead atoms. The molecular weight excluding hydrogens is 240 g/mol. The molecule has 0 radical (unpaired) electrons. The molecule has 1 aromatic rings. The van der Waals surface area contributed by atoms with E-state index in [0.29, 0.717) is 13.2 Å². The molecule has 2 N–H and O–H groups in total. The number of rotatable bonds is 7. The minimum absolute atomic E-state index is 0.223. The summed E-state index contributed by atoms with van der Waals surface area (Å²) in [5, 5.41) is 6.91. The number of hydrogen-bond acceptors (Lipinski definition) is 4. The minimum atomic E-state index is -0.223. The Morgan fingerprint density at radius 1 is 1.29 bits per heavy atom. The average molecular weight is 257 g/mol. The molecule has 0 amide bonds. The highest BCUT2D eigenvalue weighted by Gasteiger charge is 1.99. The van der Waals surface area contributed by atoms with Crippen LogP contribution in [0.5, 0.6) is 0 Å². The summed E-state index contributed by atoms with van der Waals surface area (Å²) in [4.78, 5) is 11.0. The van der Waals surface area contributed by atoms with Gasteiger partial charge in [0.2, 0.25) is 0 Å². The van der Waals surface area contributed by atoms with Crippen molar-refractivity contribution in [1.82, 2.24) is 5.32 Å². The molecule has 0 atom stereocenters. The van der Waals surface area contributed by atoms with Gasteiger partial charge in [-0.3, -0.25) is 4.79 Å². The van der Waals surface area contributed by atoms with Crippen LogP contribution < -0.4 is 10.6 Å². The van der Waals surface area contributed by atoms with Gasteiger partial charge in [0.25, 0.3) is 0 Å². The normalized spacial score (nSPS) is 10.0. The van der Waals surface area contributed by atoms with Crippen molar-refractivity contribution in [3.8, 4) is 0 Å². The molecule has 0 saturated carbocycles. The molecule has 0 aliphatic heterocycles. The zero-order valence-electron chi connectivity index (χ0n) is 9.83. The van der Waals surface area contributed by atoms with Crippen LogP contribution in [0.3, 0.4) is 0 Å². The van der Waals surface area contributed by atoms with Gasteiger partial charge in [-0.05, 0) is 31.2 Å². The Balaban J connectivity index is 2.08. The van der Waals surface area contributed by atoms with Crippen LogP contribution in [0.25, 0.3) is 0 Å². The zero-order chi connectivity index (χ0) is 12.5. The SMILES string of the molecule is CCOC(=O)CNCCNc1ccc(Cl)cc1. The van der Waals surface area contributed by atoms with Gasteiger partial charge < -0.3 is 15.4 Å². The lowest BCUT2D eigenvalue weighted by molar-refractivity contribution is -0.141. The first-order chi connectivity index (χ1) is 8.22. The molecule has 4 nitrogen and oxygen atoms in total. The monoisotopic (exact) mass is 256 g/mol. The molecule has 0 heterocycles. The number of esters is 1. The van der Waals surface area contributed by atoms with Gasteiger partial charge >= 0.3 is 5.97 Å². The first kappa shape index (κ1) is 13.8. The lowest BCUT2D eigenvalue weighted by Crippen LogP contribution is -2.29. The van der Waals surface area contributed by atoms with E-state index in [2.05, 4.69) is 10.6 Å². The number of benzene rings is 1. The van der Waals surface area contributed by atoms with E-state index in [1.807, 2.05) is 24.3 Å². The van der Waals surface area contributed by atoms with E-state index in [0.717, 1.165) is 17.3 Å². The van der Waals surface area contributed by atoms with Gasteiger partial charge in [0.15, 0.2) is 0 Å². The van der Waals surface area contributed by atoms with Crippen LogP contribution in [0.2, 0.25) is 5.02 Å². The fourth-order valence-electron chi connectivity index (χ4n) is 1.27. The molecule has 0 aromatic heterocycles. The van der Waals surface area contributed by atoms with E-state index < -0.39 is 0 Å². The highest BCUT2D eigenvalue weighted by Crippen LogP contribution is 2.12. The number of carbonyl (C=O) groups is 1. The van der Waals surface area contributed by atoms with Gasteiger partial charge in [0.1, 0.15) is 0 Å². The number of halogens is 1. The summed E-state index contributed by atoms with van der Waals surface area (Å²) in [5.74, 6) is -0.223. The Bertz CT molecular complexity index is 341. The Hall–Kier alpha value is -1.26. The predicted molar refractivity (Wildman–Crippen MR) is 69.4 cm³/mol. The van der Waals surface area contributed by atoms with Crippen molar-refractivity contribution in [1.29, 1.82) is 0 Å². The van der Waals surface area contributed by atoms with Gasteiger partial charge in [-0.1, -0.05) is 11.6 Å². The van der Waals surface area contributed by atoms with Crippen LogP contribution in [0.15, 0.2) is 24.3 Å². The van der Waals surface area contributed by atoms with Crippen molar-refractivity contribution in [2.45, 2.75) is 6.92 Å². The lowest BCUT2D eigenvalue weighted by atomic mass is 10.3. The molecule has 0 aliphatic rings. The highest BCUT2D eigenvalue weighted by molar-refractivity contribution is 6.30. The van der Waals surface area contributed by atoms with E-state index in [-0.39, 0.29) is 12.5 Å². The molecule has 1 rings (SSSR count). The molecule has 0 fully saturated rings. The van der Waals surface area contributed by atoms with Crippen molar-refractivity contribution in [2.75, 3.05) is 31.6 Å². The van der Waals surface area contributed by atoms with Crippen molar-refractivity contribution in [3.63, 3.8) is 0 Å². The van der Waals surface area contributed by atoms with E-state index in [1.165, 1.54) is 0 Å². The summed E-state index contributed by atoms with van der Waals surface area (Å²) in [6, 6.07) is 7.48. The third-order valence-corrected chi connectivity index (χ3v) is 2.30. The van der Waals surface area contributed by atoms with Crippen LogP contribution in [0, 0.1) is 0 Å². The van der Waals surface area contributed by atoms with E-state index in [9.17, 15) is 4.79 Å². The number of hydrogen-bond donors (Lipinski definition) is 2. The Kier molecular flexibility index (Phi) is 6.43. The van der Waals surface area contributed by atoms with Gasteiger partial charge in [-0.2, -0.15) is 0 Å². The molecule has 0 aliphatic carbocycles. The summed E-state index contributed by atoms with van der Waals surface area (Å²) in [7, 11) is 0. The second-order valence-electron chi connectivity index (χ2n) is 3.42. The maximum atomic E-state index is 11.0. The molecule has 5 heteroatoms. The summed E-state index contributed by atoms with van der Waals surface area (Å²) in [6.07, 6.45) is 0. The summed E-state index contributed by atoms with van der Waals surface area (Å²) >= 11 is 5.77. The molecular formula is C12H17ClN2O2. The first-order valence-corrected chi connectivity index (χ1v) is 5.96. The van der Waals surface area contributed by atoms with E-state index in [4.69, 9.17) is 16.3 Å². The zero-order valence-corrected chi connectivity index (χ0v) is 10.6. The smallest absolute Gasteiger partial charge is 0.319 e. The van der Waals surface area contributed by atoms with Crippen molar-refractivity contribution < 1.29 is 9.53 Å². The van der Waals surface area contributed by atoms with Crippen LogP contribution in [0.4, 0.5) is 5.69 Å². The van der Waals surface area contributed by atoms with Crippen molar-refractivity contribution in [2.24, 2.45) is 0 Å². The Morgan fingerprint density at radius 3 is 2.65 bits per heavy atom. The number of carbonyl (C=O) groups excluding carboxylic acids is 1. The molecule has 0 saturated heterocycles. The average Bonchev–Trinajstić information content (AvgIpc) is 2.31. The molecule has 0 spiro atoms. The van der Waals surface area contributed by atoms with Crippen LogP contribution >= 0.6 is 11.6 Å². The fraction of sp³-hybridized carbons (Fsp3) is 0.417. The predicted octanol–water partition coefficient (Wildman–Crippen LogP) is 1.90. The maximum Gasteiger partial charge on any atom is 0.319 e. The van der Waals surface area contributed by atoms with Gasteiger partial charge in [0.05, 0.1) is 13.2 Å². The van der Waals surface area contributed by atoms with Crippen LogP contribution in [-0.2, 0) is 9.53 Å². The highest BCUT2D eigenvalue weighted by atomic mass is 35.5. The topological polar surface area (TPSA) is 50.4 Å². The Morgan fingerprint density at radius 2 is 2.00 bits per heavy atom. The second kappa shape index (κ2) is 7.92. The second-order valence-corrected chi connectivity index (χ2v) is 3.85. The number of anilines is 1. The quantitative estimate of drug-likeness (QED) is 0.578. The standard InChI is InChI=1S/C12H17ClN2O2/c1-2-17-12(16)9-14-7-8-15-11-5-3-10(13)4-6-11/h3-6,14-15H,2,7-9H2,1H3.